The molecule has 0 fully saturated rings. The molecule has 11 aromatic carbocycles. The Hall–Kier alpha value is -7.74. The van der Waals surface area contributed by atoms with E-state index in [4.69, 9.17) is 0 Å². The highest BCUT2D eigenvalue weighted by Crippen LogP contribution is 2.46. The summed E-state index contributed by atoms with van der Waals surface area (Å²) in [5.74, 6) is 0. The van der Waals surface area contributed by atoms with Crippen LogP contribution in [0.5, 0.6) is 0 Å². The van der Waals surface area contributed by atoms with Crippen molar-refractivity contribution in [2.45, 2.75) is 0 Å². The van der Waals surface area contributed by atoms with Crippen molar-refractivity contribution < 1.29 is 0 Å². The average Bonchev–Trinajstić information content (AvgIpc) is 3.32. The molecule has 0 aliphatic carbocycles. The fourth-order valence-corrected chi connectivity index (χ4v) is 9.10. The predicted molar refractivity (Wildman–Crippen MR) is 253 cm³/mol. The number of benzene rings is 11. The number of hydrogen-bond acceptors (Lipinski definition) is 1. The molecule has 11 rings (SSSR count). The summed E-state index contributed by atoms with van der Waals surface area (Å²) in [6, 6.07) is 86.2. The Labute approximate surface area is 344 Å². The van der Waals surface area contributed by atoms with E-state index in [-0.39, 0.29) is 0 Å². The van der Waals surface area contributed by atoms with Gasteiger partial charge in [0.1, 0.15) is 0 Å². The van der Waals surface area contributed by atoms with Crippen molar-refractivity contribution in [3.05, 3.63) is 237 Å². The van der Waals surface area contributed by atoms with Gasteiger partial charge >= 0.3 is 0 Å². The highest BCUT2D eigenvalue weighted by molar-refractivity contribution is 6.12. The molecule has 0 atom stereocenters. The fraction of sp³-hybridized carbons (Fsp3) is 0. The normalized spacial score (nSPS) is 11.4. The topological polar surface area (TPSA) is 3.24 Å². The lowest BCUT2D eigenvalue weighted by atomic mass is 9.90. The molecule has 0 heterocycles. The second-order valence-corrected chi connectivity index (χ2v) is 15.2. The molecule has 0 aromatic heterocycles. The average molecular weight is 750 g/mol. The van der Waals surface area contributed by atoms with Gasteiger partial charge in [-0.15, -0.1) is 0 Å². The summed E-state index contributed by atoms with van der Waals surface area (Å²) in [5, 5.41) is 10.0. The van der Waals surface area contributed by atoms with Crippen molar-refractivity contribution in [2.24, 2.45) is 0 Å². The predicted octanol–water partition coefficient (Wildman–Crippen LogP) is 16.4. The van der Waals surface area contributed by atoms with Crippen LogP contribution in [-0.4, -0.2) is 0 Å². The Bertz CT molecular complexity index is 3300. The van der Waals surface area contributed by atoms with Crippen LogP contribution in [-0.2, 0) is 0 Å². The molecule has 0 N–H and O–H groups in total. The zero-order valence-corrected chi connectivity index (χ0v) is 32.5. The highest BCUT2D eigenvalue weighted by atomic mass is 15.1. The monoisotopic (exact) mass is 749 g/mol. The molecule has 0 unspecified atom stereocenters. The number of hydrogen-bond donors (Lipinski definition) is 0. The van der Waals surface area contributed by atoms with Crippen molar-refractivity contribution in [1.29, 1.82) is 0 Å². The van der Waals surface area contributed by atoms with E-state index < -0.39 is 0 Å². The second kappa shape index (κ2) is 14.6. The van der Waals surface area contributed by atoms with Gasteiger partial charge in [-0.2, -0.15) is 0 Å². The van der Waals surface area contributed by atoms with E-state index in [1.807, 2.05) is 0 Å². The van der Waals surface area contributed by atoms with Gasteiger partial charge in [0.15, 0.2) is 0 Å². The molecule has 0 bridgehead atoms. The first-order chi connectivity index (χ1) is 29.3. The number of para-hydroxylation sites is 1. The molecular weight excluding hydrogens is 711 g/mol. The van der Waals surface area contributed by atoms with Gasteiger partial charge in [-0.3, -0.25) is 0 Å². The first kappa shape index (κ1) is 34.5. The van der Waals surface area contributed by atoms with Gasteiger partial charge < -0.3 is 4.90 Å². The van der Waals surface area contributed by atoms with Gasteiger partial charge in [0.2, 0.25) is 0 Å². The number of fused-ring (bicyclic) bond motifs is 5. The first-order valence-electron chi connectivity index (χ1n) is 20.3. The largest absolute Gasteiger partial charge is 0.310 e. The summed E-state index contributed by atoms with van der Waals surface area (Å²) in [6.45, 7) is 0. The molecule has 0 radical (unpaired) electrons. The minimum absolute atomic E-state index is 1.09. The van der Waals surface area contributed by atoms with Crippen LogP contribution in [0.15, 0.2) is 237 Å². The SMILES string of the molecule is c1ccc(-c2cccc3cccc(-c4ccccc4N(c4ccc(-c5cccc6ccccc56)cc4)c4ccc(-c5cccc6c5ccc5ccccc56)cc4)c23)cc1. The van der Waals surface area contributed by atoms with Gasteiger partial charge in [0, 0.05) is 16.9 Å². The highest BCUT2D eigenvalue weighted by Gasteiger charge is 2.20. The lowest BCUT2D eigenvalue weighted by Crippen LogP contribution is -2.11. The van der Waals surface area contributed by atoms with Crippen LogP contribution in [0.1, 0.15) is 0 Å². The number of anilines is 3. The van der Waals surface area contributed by atoms with Crippen molar-refractivity contribution in [2.75, 3.05) is 4.90 Å². The minimum Gasteiger partial charge on any atom is -0.310 e. The van der Waals surface area contributed by atoms with Crippen LogP contribution >= 0.6 is 0 Å². The molecule has 276 valence electrons. The van der Waals surface area contributed by atoms with Gasteiger partial charge in [-0.05, 0) is 112 Å². The standard InChI is InChI=1S/C58H39N/c1-2-14-41(15-3-1)52-26-11-19-45-20-12-28-56(58(45)52)55-23-8-9-29-57(55)59(46-35-30-43(31-36-46)49-24-10-18-40-16-4-6-21-48(40)49)47-37-32-44(33-38-47)51-25-13-27-53-50-22-7-5-17-42(50)34-39-54(51)53/h1-39H. The molecule has 0 saturated heterocycles. The smallest absolute Gasteiger partial charge is 0.0540 e. The molecule has 0 aliphatic heterocycles. The maximum absolute atomic E-state index is 2.42. The maximum atomic E-state index is 2.42. The Morgan fingerprint density at radius 3 is 1.39 bits per heavy atom. The Morgan fingerprint density at radius 1 is 0.220 bits per heavy atom. The quantitative estimate of drug-likeness (QED) is 0.147. The molecule has 0 spiro atoms. The van der Waals surface area contributed by atoms with Gasteiger partial charge in [0.25, 0.3) is 0 Å². The van der Waals surface area contributed by atoms with Crippen LogP contribution in [0.3, 0.4) is 0 Å². The second-order valence-electron chi connectivity index (χ2n) is 15.2. The van der Waals surface area contributed by atoms with E-state index in [0.29, 0.717) is 0 Å². The molecule has 1 heteroatoms. The van der Waals surface area contributed by atoms with E-state index in [9.17, 15) is 0 Å². The minimum atomic E-state index is 1.09. The third-order valence-corrected chi connectivity index (χ3v) is 11.9. The molecular formula is C58H39N. The Balaban J connectivity index is 1.08. The van der Waals surface area contributed by atoms with Crippen LogP contribution in [0, 0.1) is 0 Å². The van der Waals surface area contributed by atoms with Crippen LogP contribution in [0.25, 0.3) is 87.6 Å². The van der Waals surface area contributed by atoms with E-state index in [0.717, 1.165) is 17.1 Å². The number of nitrogens with zero attached hydrogens (tertiary/aromatic N) is 1. The summed E-state index contributed by atoms with van der Waals surface area (Å²) in [4.78, 5) is 2.42. The summed E-state index contributed by atoms with van der Waals surface area (Å²) in [6.07, 6.45) is 0. The zero-order valence-electron chi connectivity index (χ0n) is 32.5. The van der Waals surface area contributed by atoms with Crippen LogP contribution in [0.4, 0.5) is 17.1 Å². The van der Waals surface area contributed by atoms with Crippen molar-refractivity contribution in [3.63, 3.8) is 0 Å². The Kier molecular flexibility index (Phi) is 8.56. The lowest BCUT2D eigenvalue weighted by molar-refractivity contribution is 1.28. The fourth-order valence-electron chi connectivity index (χ4n) is 9.10. The third-order valence-electron chi connectivity index (χ3n) is 11.9. The summed E-state index contributed by atoms with van der Waals surface area (Å²) in [5.41, 5.74) is 13.0. The number of rotatable bonds is 7. The molecule has 1 nitrogen and oxygen atoms in total. The molecule has 0 amide bonds. The maximum Gasteiger partial charge on any atom is 0.0540 e. The third kappa shape index (κ3) is 6.12. The van der Waals surface area contributed by atoms with Crippen LogP contribution < -0.4 is 4.90 Å². The Morgan fingerprint density at radius 2 is 0.678 bits per heavy atom. The van der Waals surface area contributed by atoms with E-state index >= 15 is 0 Å². The lowest BCUT2D eigenvalue weighted by Gasteiger charge is -2.29. The zero-order chi connectivity index (χ0) is 39.1. The van der Waals surface area contributed by atoms with Gasteiger partial charge in [-0.1, -0.05) is 206 Å². The molecule has 11 aromatic rings. The molecule has 0 saturated carbocycles. The van der Waals surface area contributed by atoms with E-state index in [1.165, 1.54) is 87.6 Å². The molecule has 0 aliphatic rings. The first-order valence-corrected chi connectivity index (χ1v) is 20.3. The van der Waals surface area contributed by atoms with Crippen molar-refractivity contribution in [1.82, 2.24) is 0 Å². The van der Waals surface area contributed by atoms with E-state index in [2.05, 4.69) is 241 Å². The summed E-state index contributed by atoms with van der Waals surface area (Å²) < 4.78 is 0. The van der Waals surface area contributed by atoms with Crippen molar-refractivity contribution in [3.8, 4) is 44.5 Å². The van der Waals surface area contributed by atoms with Crippen molar-refractivity contribution >= 4 is 60.2 Å². The summed E-state index contributed by atoms with van der Waals surface area (Å²) in [7, 11) is 0. The summed E-state index contributed by atoms with van der Waals surface area (Å²) >= 11 is 0. The van der Waals surface area contributed by atoms with Crippen LogP contribution in [0.2, 0.25) is 0 Å². The molecule has 59 heavy (non-hydrogen) atoms. The van der Waals surface area contributed by atoms with E-state index in [1.54, 1.807) is 0 Å². The van der Waals surface area contributed by atoms with Gasteiger partial charge in [0.05, 0.1) is 5.69 Å². The van der Waals surface area contributed by atoms with Gasteiger partial charge in [-0.25, -0.2) is 0 Å².